The van der Waals surface area contributed by atoms with Crippen molar-refractivity contribution in [3.8, 4) is 22.5 Å². The lowest BCUT2D eigenvalue weighted by Crippen LogP contribution is -1.95. The van der Waals surface area contributed by atoms with E-state index in [0.717, 1.165) is 87.1 Å². The Morgan fingerprint density at radius 3 is 1.80 bits per heavy atom. The van der Waals surface area contributed by atoms with Crippen LogP contribution in [0.5, 0.6) is 0 Å². The highest BCUT2D eigenvalue weighted by Gasteiger charge is 2.14. The van der Waals surface area contributed by atoms with Crippen LogP contribution in [0, 0.1) is 0 Å². The Bertz CT molecular complexity index is 3250. The van der Waals surface area contributed by atoms with E-state index in [2.05, 4.69) is 133 Å². The Balaban J connectivity index is 1.32. The molecule has 4 nitrogen and oxygen atoms in total. The van der Waals surface area contributed by atoms with Crippen molar-refractivity contribution in [1.29, 1.82) is 0 Å². The van der Waals surface area contributed by atoms with Crippen molar-refractivity contribution in [3.05, 3.63) is 164 Å². The molecule has 11 rings (SSSR count). The Labute approximate surface area is 291 Å². The molecule has 3 heterocycles. The van der Waals surface area contributed by atoms with Gasteiger partial charge in [-0.25, -0.2) is 15.0 Å². The summed E-state index contributed by atoms with van der Waals surface area (Å²) in [6.07, 6.45) is 0. The molecule has 0 radical (unpaired) electrons. The first-order chi connectivity index (χ1) is 25.2. The number of fused-ring (bicyclic) bond motifs is 12. The number of hydrogen-bond acceptors (Lipinski definition) is 4. The third-order valence-electron chi connectivity index (χ3n) is 10.3. The smallest absolute Gasteiger partial charge is 0.164 e. The Kier molecular flexibility index (Phi) is 5.92. The van der Waals surface area contributed by atoms with E-state index in [4.69, 9.17) is 19.4 Å². The minimum Gasteiger partial charge on any atom is -0.456 e. The summed E-state index contributed by atoms with van der Waals surface area (Å²) in [5.41, 5.74) is 6.27. The number of aromatic nitrogens is 3. The van der Waals surface area contributed by atoms with Crippen LogP contribution in [0.1, 0.15) is 0 Å². The number of rotatable bonds is 2. The maximum atomic E-state index is 6.30. The van der Waals surface area contributed by atoms with E-state index in [-0.39, 0.29) is 0 Å². The summed E-state index contributed by atoms with van der Waals surface area (Å²) in [6.45, 7) is 0. The molecule has 236 valence electrons. The highest BCUT2D eigenvalue weighted by atomic mass is 16.3. The van der Waals surface area contributed by atoms with Crippen LogP contribution < -0.4 is 0 Å². The van der Waals surface area contributed by atoms with Gasteiger partial charge in [-0.1, -0.05) is 133 Å². The second-order valence-corrected chi connectivity index (χ2v) is 13.2. The molecular weight excluding hydrogens is 623 g/mol. The zero-order valence-corrected chi connectivity index (χ0v) is 27.3. The monoisotopic (exact) mass is 649 g/mol. The van der Waals surface area contributed by atoms with Crippen molar-refractivity contribution in [3.63, 3.8) is 0 Å². The predicted octanol–water partition coefficient (Wildman–Crippen LogP) is 12.6. The van der Waals surface area contributed by atoms with Crippen LogP contribution in [0.3, 0.4) is 0 Å². The summed E-state index contributed by atoms with van der Waals surface area (Å²) in [6, 6.07) is 57.8. The average Bonchev–Trinajstić information content (AvgIpc) is 3.58. The molecule has 0 fully saturated rings. The largest absolute Gasteiger partial charge is 0.456 e. The van der Waals surface area contributed by atoms with Crippen LogP contribution in [0.2, 0.25) is 0 Å². The van der Waals surface area contributed by atoms with Crippen LogP contribution >= 0.6 is 0 Å². The van der Waals surface area contributed by atoms with Gasteiger partial charge in [0.05, 0.1) is 0 Å². The zero-order chi connectivity index (χ0) is 33.5. The van der Waals surface area contributed by atoms with E-state index in [9.17, 15) is 0 Å². The molecule has 0 amide bonds. The lowest BCUT2D eigenvalue weighted by molar-refractivity contribution is 0.669. The molecule has 3 aromatic heterocycles. The first kappa shape index (κ1) is 28.0. The Morgan fingerprint density at radius 1 is 0.314 bits per heavy atom. The molecule has 51 heavy (non-hydrogen) atoms. The maximum absolute atomic E-state index is 6.30. The van der Waals surface area contributed by atoms with Gasteiger partial charge in [-0.05, 0) is 79.2 Å². The summed E-state index contributed by atoms with van der Waals surface area (Å²) < 4.78 is 6.30. The summed E-state index contributed by atoms with van der Waals surface area (Å²) in [5, 5.41) is 13.3. The molecule has 4 bridgehead atoms. The number of para-hydroxylation sites is 1. The molecule has 8 aromatic carbocycles. The maximum Gasteiger partial charge on any atom is 0.164 e. The average molecular weight is 650 g/mol. The third kappa shape index (κ3) is 4.37. The number of furan rings is 1. The zero-order valence-electron chi connectivity index (χ0n) is 27.3. The van der Waals surface area contributed by atoms with E-state index in [1.807, 2.05) is 30.3 Å². The summed E-state index contributed by atoms with van der Waals surface area (Å²) in [7, 11) is 0. The molecule has 0 aliphatic carbocycles. The summed E-state index contributed by atoms with van der Waals surface area (Å²) in [5.74, 6) is 0.650. The summed E-state index contributed by atoms with van der Waals surface area (Å²) in [4.78, 5) is 15.5. The van der Waals surface area contributed by atoms with Crippen molar-refractivity contribution < 1.29 is 4.42 Å². The molecule has 0 atom stereocenters. The van der Waals surface area contributed by atoms with Gasteiger partial charge in [0.2, 0.25) is 0 Å². The predicted molar refractivity (Wildman–Crippen MR) is 212 cm³/mol. The van der Waals surface area contributed by atoms with Gasteiger partial charge in [-0.2, -0.15) is 0 Å². The SMILES string of the molecule is c1ccc(-c2nc3nc(n2)c2cccc4ccc5ccc(cc5c42)c2cc(-c4ccc5c(c4)oc4ccccc45)ccc2c2ccccc32)cc1. The third-order valence-corrected chi connectivity index (χ3v) is 10.3. The van der Waals surface area contributed by atoms with Gasteiger partial charge in [0.1, 0.15) is 11.2 Å². The lowest BCUT2D eigenvalue weighted by atomic mass is 9.94. The Morgan fingerprint density at radius 2 is 0.941 bits per heavy atom. The van der Waals surface area contributed by atoms with Gasteiger partial charge < -0.3 is 4.42 Å². The second-order valence-electron chi connectivity index (χ2n) is 13.2. The number of nitrogens with zero attached hydrogens (tertiary/aromatic N) is 3. The van der Waals surface area contributed by atoms with Gasteiger partial charge in [-0.15, -0.1) is 0 Å². The molecular formula is C47H27N3O. The van der Waals surface area contributed by atoms with E-state index in [0.29, 0.717) is 17.1 Å². The van der Waals surface area contributed by atoms with Crippen molar-refractivity contribution in [1.82, 2.24) is 15.0 Å². The lowest BCUT2D eigenvalue weighted by Gasteiger charge is -2.11. The first-order valence-electron chi connectivity index (χ1n) is 17.2. The van der Waals surface area contributed by atoms with Gasteiger partial charge in [0.15, 0.2) is 17.1 Å². The molecule has 0 saturated heterocycles. The van der Waals surface area contributed by atoms with Crippen LogP contribution in [-0.4, -0.2) is 15.0 Å². The second kappa shape index (κ2) is 10.8. The standard InChI is InChI=1S/C47H27N3O/c1-2-9-30(10-3-1)45-48-46-38-14-5-4-12-34(38)35-23-21-31(32-22-24-37-36-13-6-7-16-42(36)51-43(37)27-32)25-40(35)33-20-18-28-17-19-29-11-8-15-39(47(49-45)50-46)44(29)41(28)26-33/h1-27H. The van der Waals surface area contributed by atoms with Crippen molar-refractivity contribution in [2.75, 3.05) is 0 Å². The van der Waals surface area contributed by atoms with Crippen molar-refractivity contribution >= 4 is 87.1 Å². The molecule has 0 saturated carbocycles. The number of hydrogen-bond donors (Lipinski definition) is 0. The van der Waals surface area contributed by atoms with Crippen molar-refractivity contribution in [2.45, 2.75) is 0 Å². The molecule has 4 heteroatoms. The van der Waals surface area contributed by atoms with Gasteiger partial charge in [0.25, 0.3) is 0 Å². The topological polar surface area (TPSA) is 51.8 Å². The van der Waals surface area contributed by atoms with E-state index >= 15 is 0 Å². The van der Waals surface area contributed by atoms with Crippen LogP contribution in [0.25, 0.3) is 110 Å². The molecule has 0 spiro atoms. The minimum absolute atomic E-state index is 0.647. The summed E-state index contributed by atoms with van der Waals surface area (Å²) >= 11 is 0. The van der Waals surface area contributed by atoms with E-state index in [1.54, 1.807) is 0 Å². The molecule has 0 aliphatic rings. The fourth-order valence-corrected chi connectivity index (χ4v) is 7.81. The van der Waals surface area contributed by atoms with Crippen LogP contribution in [0.15, 0.2) is 168 Å². The molecule has 0 N–H and O–H groups in total. The number of benzene rings is 8. The highest BCUT2D eigenvalue weighted by molar-refractivity contribution is 6.22. The molecule has 11 aromatic rings. The van der Waals surface area contributed by atoms with Gasteiger partial charge in [-0.3, -0.25) is 0 Å². The van der Waals surface area contributed by atoms with Crippen LogP contribution in [0.4, 0.5) is 0 Å². The van der Waals surface area contributed by atoms with Crippen LogP contribution in [-0.2, 0) is 0 Å². The normalized spacial score (nSPS) is 11.9. The van der Waals surface area contributed by atoms with Crippen molar-refractivity contribution in [2.24, 2.45) is 0 Å². The fraction of sp³-hybridized carbons (Fsp3) is 0. The van der Waals surface area contributed by atoms with Gasteiger partial charge in [0, 0.05) is 32.5 Å². The quantitative estimate of drug-likeness (QED) is 0.175. The molecule has 0 aliphatic heterocycles. The molecule has 0 unspecified atom stereocenters. The van der Waals surface area contributed by atoms with E-state index < -0.39 is 0 Å². The van der Waals surface area contributed by atoms with Gasteiger partial charge >= 0.3 is 0 Å². The van der Waals surface area contributed by atoms with E-state index in [1.165, 1.54) is 5.39 Å². The highest BCUT2D eigenvalue weighted by Crippen LogP contribution is 2.38. The minimum atomic E-state index is 0.647. The fourth-order valence-electron chi connectivity index (χ4n) is 7.81. The first-order valence-corrected chi connectivity index (χ1v) is 17.2. The Hall–Kier alpha value is -6.91.